The number of methoxy groups -OCH3 is 1. The van der Waals surface area contributed by atoms with Gasteiger partial charge in [0, 0.05) is 0 Å². The molecular weight excluding hydrogens is 801 g/mol. The molecule has 2 heterocycles. The van der Waals surface area contributed by atoms with Gasteiger partial charge in [-0.15, -0.1) is 0 Å². The van der Waals surface area contributed by atoms with Gasteiger partial charge in [-0.2, -0.15) is 36.3 Å². The highest BCUT2D eigenvalue weighted by Gasteiger charge is 2.35. The minimum absolute atomic E-state index is 0.0132. The van der Waals surface area contributed by atoms with Crippen LogP contribution in [-0.4, -0.2) is 31.3 Å². The maximum absolute atomic E-state index is 13.1. The Morgan fingerprint density at radius 2 is 1.07 bits per heavy atom. The lowest BCUT2D eigenvalue weighted by molar-refractivity contribution is -0.138. The number of halogens is 8. The summed E-state index contributed by atoms with van der Waals surface area (Å²) in [5.74, 6) is -0.568. The molecule has 0 bridgehead atoms. The molecule has 18 heteroatoms. The first-order valence-electron chi connectivity index (χ1n) is 16.7. The fourth-order valence-corrected chi connectivity index (χ4v) is 5.97. The monoisotopic (exact) mass is 832 g/mol. The fraction of sp³-hybridized carbons (Fsp3) is 0.179. The molecule has 298 valence electrons. The Balaban J connectivity index is 0.000000218. The van der Waals surface area contributed by atoms with Gasteiger partial charge in [0.2, 0.25) is 17.6 Å². The number of anilines is 4. The van der Waals surface area contributed by atoms with Gasteiger partial charge in [-0.3, -0.25) is 9.59 Å². The molecule has 0 aliphatic rings. The van der Waals surface area contributed by atoms with Crippen LogP contribution in [-0.2, 0) is 25.4 Å². The van der Waals surface area contributed by atoms with E-state index < -0.39 is 50.4 Å². The van der Waals surface area contributed by atoms with Crippen molar-refractivity contribution in [2.24, 2.45) is 0 Å². The summed E-state index contributed by atoms with van der Waals surface area (Å²) in [6, 6.07) is 21.9. The Bertz CT molecular complexity index is 2520. The zero-order chi connectivity index (χ0) is 41.7. The SMILES string of the molecule is COc1cn(Cc2ccccc2C)c(Nc2cccc(C(F)(F)F)c2Cl)nc1=O.Cc1ccccc1Cn1cc(O)c(=O)nc1Nc1cccc(C(F)(F)F)c1Cl. The lowest BCUT2D eigenvalue weighted by Crippen LogP contribution is -2.19. The first-order chi connectivity index (χ1) is 26.9. The fourth-order valence-electron chi connectivity index (χ4n) is 5.41. The van der Waals surface area contributed by atoms with E-state index in [1.165, 1.54) is 48.3 Å². The minimum Gasteiger partial charge on any atom is -0.502 e. The van der Waals surface area contributed by atoms with Gasteiger partial charge in [-0.1, -0.05) is 83.9 Å². The number of hydrogen-bond donors (Lipinski definition) is 3. The number of benzene rings is 4. The first-order valence-corrected chi connectivity index (χ1v) is 17.4. The quantitative estimate of drug-likeness (QED) is 0.123. The van der Waals surface area contributed by atoms with Gasteiger partial charge in [-0.25, -0.2) is 0 Å². The molecule has 4 aromatic carbocycles. The van der Waals surface area contributed by atoms with Crippen molar-refractivity contribution in [3.63, 3.8) is 0 Å². The second kappa shape index (κ2) is 17.4. The van der Waals surface area contributed by atoms with Crippen LogP contribution in [0.3, 0.4) is 0 Å². The number of ether oxygens (including phenoxy) is 1. The van der Waals surface area contributed by atoms with Crippen molar-refractivity contribution in [1.29, 1.82) is 0 Å². The zero-order valence-corrected chi connectivity index (χ0v) is 31.6. The van der Waals surface area contributed by atoms with E-state index in [-0.39, 0.29) is 35.6 Å². The van der Waals surface area contributed by atoms with E-state index in [9.17, 15) is 41.0 Å². The summed E-state index contributed by atoms with van der Waals surface area (Å²) in [4.78, 5) is 31.6. The molecule has 0 aliphatic heterocycles. The second-order valence-corrected chi connectivity index (χ2v) is 13.1. The molecule has 0 spiro atoms. The molecule has 0 saturated heterocycles. The Morgan fingerprint density at radius 3 is 1.49 bits per heavy atom. The standard InChI is InChI=1S/C20H17ClF3N3O2.C19H15ClF3N3O2/c1-12-6-3-4-7-13(12)10-27-11-16(29-2)18(28)26-19(27)25-15-9-5-8-14(17(15)21)20(22,23)24;1-11-5-2-3-6-12(11)9-26-10-15(27)17(28)25-18(26)24-14-8-4-7-13(16(14)20)19(21,22)23/h3-9,11H,10H2,1-2H3,(H,25,26,28);2-8,10,27H,9H2,1H3,(H,24,25,28). The molecule has 0 amide bonds. The molecular formula is C39H32Cl2F6N6O4. The van der Waals surface area contributed by atoms with Gasteiger partial charge in [0.1, 0.15) is 0 Å². The minimum atomic E-state index is -4.63. The lowest BCUT2D eigenvalue weighted by atomic mass is 10.1. The molecule has 0 radical (unpaired) electrons. The molecule has 0 saturated carbocycles. The van der Waals surface area contributed by atoms with Crippen LogP contribution in [0.25, 0.3) is 0 Å². The van der Waals surface area contributed by atoms with Crippen LogP contribution in [0.15, 0.2) is 107 Å². The number of nitrogens with one attached hydrogen (secondary N) is 2. The summed E-state index contributed by atoms with van der Waals surface area (Å²) in [5, 5.41) is 14.1. The van der Waals surface area contributed by atoms with Gasteiger partial charge in [0.25, 0.3) is 0 Å². The van der Waals surface area contributed by atoms with Crippen LogP contribution in [0.1, 0.15) is 33.4 Å². The lowest BCUT2D eigenvalue weighted by Gasteiger charge is -2.18. The maximum atomic E-state index is 13.1. The third-order valence-electron chi connectivity index (χ3n) is 8.47. The number of aromatic hydroxyl groups is 1. The van der Waals surface area contributed by atoms with Crippen molar-refractivity contribution in [1.82, 2.24) is 19.1 Å². The largest absolute Gasteiger partial charge is 0.502 e. The molecule has 0 unspecified atom stereocenters. The smallest absolute Gasteiger partial charge is 0.417 e. The van der Waals surface area contributed by atoms with E-state index in [4.69, 9.17) is 27.9 Å². The topological polar surface area (TPSA) is 123 Å². The molecule has 6 aromatic rings. The predicted molar refractivity (Wildman–Crippen MR) is 205 cm³/mol. The van der Waals surface area contributed by atoms with Gasteiger partial charge in [-0.05, 0) is 60.4 Å². The van der Waals surface area contributed by atoms with Crippen LogP contribution < -0.4 is 26.5 Å². The van der Waals surface area contributed by atoms with Crippen LogP contribution in [0.2, 0.25) is 10.0 Å². The average Bonchev–Trinajstić information content (AvgIpc) is 3.14. The Kier molecular flexibility index (Phi) is 12.9. The molecule has 0 fully saturated rings. The van der Waals surface area contributed by atoms with Gasteiger partial charge in [0.15, 0.2) is 5.75 Å². The van der Waals surface area contributed by atoms with Crippen LogP contribution in [0.5, 0.6) is 11.5 Å². The van der Waals surface area contributed by atoms with Crippen LogP contribution in [0.4, 0.5) is 49.6 Å². The van der Waals surface area contributed by atoms with E-state index >= 15 is 0 Å². The summed E-state index contributed by atoms with van der Waals surface area (Å²) in [6.07, 6.45) is -6.61. The van der Waals surface area contributed by atoms with Crippen molar-refractivity contribution in [3.8, 4) is 11.5 Å². The Labute approximate surface area is 331 Å². The highest BCUT2D eigenvalue weighted by Crippen LogP contribution is 2.40. The Morgan fingerprint density at radius 1 is 0.649 bits per heavy atom. The van der Waals surface area contributed by atoms with Gasteiger partial charge < -0.3 is 29.6 Å². The highest BCUT2D eigenvalue weighted by molar-refractivity contribution is 6.34. The third-order valence-corrected chi connectivity index (χ3v) is 9.28. The molecule has 6 rings (SSSR count). The third kappa shape index (κ3) is 10.3. The van der Waals surface area contributed by atoms with Crippen LogP contribution >= 0.6 is 23.2 Å². The van der Waals surface area contributed by atoms with E-state index in [2.05, 4.69) is 20.6 Å². The number of hydrogen-bond acceptors (Lipinski definition) is 8. The number of aryl methyl sites for hydroxylation is 2. The summed E-state index contributed by atoms with van der Waals surface area (Å²) in [6.45, 7) is 4.36. The van der Waals surface area contributed by atoms with E-state index in [1.807, 2.05) is 62.4 Å². The first kappa shape index (κ1) is 42.1. The highest BCUT2D eigenvalue weighted by atomic mass is 35.5. The number of rotatable bonds is 9. The molecule has 3 N–H and O–H groups in total. The van der Waals surface area contributed by atoms with Crippen molar-refractivity contribution < 1.29 is 36.2 Å². The molecule has 0 aliphatic carbocycles. The summed E-state index contributed by atoms with van der Waals surface area (Å²) in [5.41, 5.74) is 0.160. The van der Waals surface area contributed by atoms with Crippen molar-refractivity contribution >= 4 is 46.5 Å². The van der Waals surface area contributed by atoms with E-state index in [0.29, 0.717) is 6.54 Å². The molecule has 2 aromatic heterocycles. The molecule has 57 heavy (non-hydrogen) atoms. The maximum Gasteiger partial charge on any atom is 0.417 e. The van der Waals surface area contributed by atoms with Crippen molar-refractivity contribution in [2.75, 3.05) is 17.7 Å². The summed E-state index contributed by atoms with van der Waals surface area (Å²) < 4.78 is 86.7. The summed E-state index contributed by atoms with van der Waals surface area (Å²) in [7, 11) is 1.34. The zero-order valence-electron chi connectivity index (χ0n) is 30.1. The predicted octanol–water partition coefficient (Wildman–Crippen LogP) is 9.75. The van der Waals surface area contributed by atoms with Gasteiger partial charge in [0.05, 0.1) is 65.1 Å². The van der Waals surface area contributed by atoms with Crippen LogP contribution in [0, 0.1) is 13.8 Å². The summed E-state index contributed by atoms with van der Waals surface area (Å²) >= 11 is 11.9. The molecule has 0 atom stereocenters. The van der Waals surface area contributed by atoms with E-state index in [0.717, 1.165) is 34.4 Å². The normalized spacial score (nSPS) is 11.4. The number of alkyl halides is 6. The average molecular weight is 834 g/mol. The van der Waals surface area contributed by atoms with Gasteiger partial charge >= 0.3 is 23.5 Å². The molecule has 10 nitrogen and oxygen atoms in total. The van der Waals surface area contributed by atoms with Crippen molar-refractivity contribution in [3.05, 3.63) is 161 Å². The van der Waals surface area contributed by atoms with Crippen molar-refractivity contribution in [2.45, 2.75) is 39.3 Å². The number of nitrogens with zero attached hydrogens (tertiary/aromatic N) is 4. The Hall–Kier alpha value is -6.00. The second-order valence-electron chi connectivity index (χ2n) is 12.4. The number of aromatic nitrogens is 4. The van der Waals surface area contributed by atoms with E-state index in [1.54, 1.807) is 4.57 Å².